The molecule has 2 N–H and O–H groups in total. The predicted molar refractivity (Wildman–Crippen MR) is 48.4 cm³/mol. The van der Waals surface area contributed by atoms with Crippen molar-refractivity contribution in [2.75, 3.05) is 25.9 Å². The molecule has 0 spiro atoms. The summed E-state index contributed by atoms with van der Waals surface area (Å²) in [5.74, 6) is 0.783. The summed E-state index contributed by atoms with van der Waals surface area (Å²) in [6.07, 6.45) is 2.35. The van der Waals surface area contributed by atoms with Crippen molar-refractivity contribution < 1.29 is 8.42 Å². The van der Waals surface area contributed by atoms with Crippen LogP contribution < -0.4 is 10.0 Å². The second kappa shape index (κ2) is 4.20. The van der Waals surface area contributed by atoms with Crippen LogP contribution in [0.1, 0.15) is 12.8 Å². The van der Waals surface area contributed by atoms with E-state index < -0.39 is 10.0 Å². The lowest BCUT2D eigenvalue weighted by atomic mass is 10.4. The molecule has 0 radical (unpaired) electrons. The Labute approximate surface area is 73.8 Å². The van der Waals surface area contributed by atoms with E-state index in [1.807, 2.05) is 0 Å². The molecule has 0 aromatic rings. The van der Waals surface area contributed by atoms with Gasteiger partial charge in [-0.3, -0.25) is 0 Å². The van der Waals surface area contributed by atoms with Crippen LogP contribution in [0.2, 0.25) is 0 Å². The second-order valence-electron chi connectivity index (χ2n) is 3.21. The summed E-state index contributed by atoms with van der Waals surface area (Å²) in [4.78, 5) is 0. The fourth-order valence-corrected chi connectivity index (χ4v) is 1.98. The molecule has 0 aromatic carbocycles. The highest BCUT2D eigenvalue weighted by Gasteiger charge is 2.22. The summed E-state index contributed by atoms with van der Waals surface area (Å²) >= 11 is 0. The lowest BCUT2D eigenvalue weighted by molar-refractivity contribution is 0.575. The van der Waals surface area contributed by atoms with Gasteiger partial charge >= 0.3 is 0 Å². The predicted octanol–water partition coefficient (Wildman–Crippen LogP) is -0.465. The maximum absolute atomic E-state index is 11.2. The Kier molecular flexibility index (Phi) is 3.49. The van der Waals surface area contributed by atoms with Crippen LogP contribution in [0.4, 0.5) is 0 Å². The van der Waals surface area contributed by atoms with Gasteiger partial charge in [-0.05, 0) is 25.8 Å². The second-order valence-corrected chi connectivity index (χ2v) is 5.14. The van der Waals surface area contributed by atoms with E-state index in [4.69, 9.17) is 0 Å². The van der Waals surface area contributed by atoms with Crippen molar-refractivity contribution in [3.8, 4) is 0 Å². The topological polar surface area (TPSA) is 58.2 Å². The highest BCUT2D eigenvalue weighted by Crippen LogP contribution is 2.27. The Morgan fingerprint density at radius 1 is 1.42 bits per heavy atom. The van der Waals surface area contributed by atoms with Gasteiger partial charge < -0.3 is 5.32 Å². The van der Waals surface area contributed by atoms with Gasteiger partial charge in [-0.25, -0.2) is 13.1 Å². The number of hydrogen-bond donors (Lipinski definition) is 2. The van der Waals surface area contributed by atoms with Gasteiger partial charge in [0.05, 0.1) is 5.75 Å². The summed E-state index contributed by atoms with van der Waals surface area (Å²) in [6.45, 7) is 1.14. The van der Waals surface area contributed by atoms with Crippen LogP contribution in [0.5, 0.6) is 0 Å². The zero-order valence-corrected chi connectivity index (χ0v) is 8.15. The van der Waals surface area contributed by atoms with Crippen LogP contribution in [-0.4, -0.2) is 34.3 Å². The van der Waals surface area contributed by atoms with E-state index in [9.17, 15) is 8.42 Å². The van der Waals surface area contributed by atoms with Crippen LogP contribution in [0.3, 0.4) is 0 Å². The average Bonchev–Trinajstić information content (AvgIpc) is 2.81. The van der Waals surface area contributed by atoms with Crippen molar-refractivity contribution in [3.63, 3.8) is 0 Å². The Morgan fingerprint density at radius 2 is 2.08 bits per heavy atom. The van der Waals surface area contributed by atoms with Gasteiger partial charge in [0.15, 0.2) is 0 Å². The number of nitrogens with one attached hydrogen (secondary N) is 2. The molecule has 1 fully saturated rings. The summed E-state index contributed by atoms with van der Waals surface area (Å²) < 4.78 is 24.9. The van der Waals surface area contributed by atoms with E-state index >= 15 is 0 Å². The van der Waals surface area contributed by atoms with Gasteiger partial charge in [0.25, 0.3) is 0 Å². The molecule has 0 amide bonds. The molecule has 12 heavy (non-hydrogen) atoms. The molecule has 0 heterocycles. The van der Waals surface area contributed by atoms with Gasteiger partial charge in [-0.1, -0.05) is 0 Å². The van der Waals surface area contributed by atoms with E-state index in [2.05, 4.69) is 10.0 Å². The third kappa shape index (κ3) is 4.04. The zero-order chi connectivity index (χ0) is 9.03. The number of rotatable bonds is 6. The first-order valence-corrected chi connectivity index (χ1v) is 5.91. The lowest BCUT2D eigenvalue weighted by Gasteiger charge is -2.04. The van der Waals surface area contributed by atoms with Gasteiger partial charge in [0.1, 0.15) is 0 Å². The van der Waals surface area contributed by atoms with Crippen molar-refractivity contribution >= 4 is 10.0 Å². The largest absolute Gasteiger partial charge is 0.319 e. The number of hydrogen-bond acceptors (Lipinski definition) is 3. The summed E-state index contributed by atoms with van der Waals surface area (Å²) in [5, 5.41) is 2.81. The van der Waals surface area contributed by atoms with Crippen molar-refractivity contribution in [3.05, 3.63) is 0 Å². The quantitative estimate of drug-likeness (QED) is 0.598. The minimum Gasteiger partial charge on any atom is -0.319 e. The third-order valence-corrected chi connectivity index (χ3v) is 3.26. The molecular weight excluding hydrogens is 176 g/mol. The summed E-state index contributed by atoms with van der Waals surface area (Å²) in [6, 6.07) is 0. The van der Waals surface area contributed by atoms with Gasteiger partial charge in [-0.15, -0.1) is 0 Å². The van der Waals surface area contributed by atoms with E-state index in [1.165, 1.54) is 12.8 Å². The summed E-state index contributed by atoms with van der Waals surface area (Å²) in [7, 11) is -1.26. The zero-order valence-electron chi connectivity index (χ0n) is 7.34. The van der Waals surface area contributed by atoms with Gasteiger partial charge in [-0.2, -0.15) is 0 Å². The molecule has 4 nitrogen and oxygen atoms in total. The van der Waals surface area contributed by atoms with Gasteiger partial charge in [0, 0.05) is 13.1 Å². The van der Waals surface area contributed by atoms with Crippen LogP contribution >= 0.6 is 0 Å². The third-order valence-electron chi connectivity index (χ3n) is 1.91. The van der Waals surface area contributed by atoms with E-state index in [0.29, 0.717) is 19.0 Å². The van der Waals surface area contributed by atoms with Crippen LogP contribution in [0.15, 0.2) is 0 Å². The van der Waals surface area contributed by atoms with Crippen molar-refractivity contribution in [1.82, 2.24) is 10.0 Å². The Bertz CT molecular complexity index is 222. The van der Waals surface area contributed by atoms with Gasteiger partial charge in [0.2, 0.25) is 10.0 Å². The standard InChI is InChI=1S/C7H16N2O2S/c1-8-4-5-12(10,11)9-6-7-2-3-7/h7-9H,2-6H2,1H3. The molecule has 0 aliphatic heterocycles. The average molecular weight is 192 g/mol. The van der Waals surface area contributed by atoms with Crippen LogP contribution in [0.25, 0.3) is 0 Å². The molecular formula is C7H16N2O2S. The maximum Gasteiger partial charge on any atom is 0.212 e. The normalized spacial score (nSPS) is 18.1. The molecule has 1 rings (SSSR count). The molecule has 5 heteroatoms. The van der Waals surface area contributed by atoms with Crippen LogP contribution in [0, 0.1) is 5.92 Å². The minimum atomic E-state index is -3.01. The first-order chi connectivity index (χ1) is 5.64. The fraction of sp³-hybridized carbons (Fsp3) is 1.00. The molecule has 1 aliphatic carbocycles. The van der Waals surface area contributed by atoms with Crippen molar-refractivity contribution in [2.45, 2.75) is 12.8 Å². The Morgan fingerprint density at radius 3 is 2.58 bits per heavy atom. The maximum atomic E-state index is 11.2. The van der Waals surface area contributed by atoms with Crippen molar-refractivity contribution in [1.29, 1.82) is 0 Å². The molecule has 1 saturated carbocycles. The molecule has 0 bridgehead atoms. The minimum absolute atomic E-state index is 0.177. The molecule has 0 saturated heterocycles. The molecule has 72 valence electrons. The monoisotopic (exact) mass is 192 g/mol. The molecule has 1 aliphatic rings. The molecule has 0 unspecified atom stereocenters. The first-order valence-electron chi connectivity index (χ1n) is 4.26. The molecule has 0 aromatic heterocycles. The molecule has 0 atom stereocenters. The van der Waals surface area contributed by atoms with E-state index in [1.54, 1.807) is 7.05 Å². The number of sulfonamides is 1. The highest BCUT2D eigenvalue weighted by molar-refractivity contribution is 7.89. The van der Waals surface area contributed by atoms with E-state index in [0.717, 1.165) is 0 Å². The van der Waals surface area contributed by atoms with E-state index in [-0.39, 0.29) is 5.75 Å². The smallest absolute Gasteiger partial charge is 0.212 e. The SMILES string of the molecule is CNCCS(=O)(=O)NCC1CC1. The fourth-order valence-electron chi connectivity index (χ4n) is 0.875. The first kappa shape index (κ1) is 9.95. The summed E-state index contributed by atoms with van der Waals surface area (Å²) in [5.41, 5.74) is 0. The highest BCUT2D eigenvalue weighted by atomic mass is 32.2. The Balaban J connectivity index is 2.17. The lowest BCUT2D eigenvalue weighted by Crippen LogP contribution is -2.32. The van der Waals surface area contributed by atoms with Crippen LogP contribution in [-0.2, 0) is 10.0 Å². The van der Waals surface area contributed by atoms with Crippen molar-refractivity contribution in [2.24, 2.45) is 5.92 Å². The Hall–Kier alpha value is -0.130.